The van der Waals surface area contributed by atoms with Crippen LogP contribution in [0, 0.1) is 5.92 Å². The third kappa shape index (κ3) is 3.87. The van der Waals surface area contributed by atoms with Crippen LogP contribution in [0.5, 0.6) is 5.75 Å². The summed E-state index contributed by atoms with van der Waals surface area (Å²) in [6.07, 6.45) is 1.54. The van der Waals surface area contributed by atoms with Crippen LogP contribution < -0.4 is 5.73 Å². The molecule has 1 amide bonds. The SMILES string of the molecule is CC(C)C[C@H](N)C(=O)N1CCc2ccc(O)cc2C1.Cl. The Morgan fingerprint density at radius 3 is 2.75 bits per heavy atom. The first-order chi connectivity index (χ1) is 8.97. The van der Waals surface area contributed by atoms with Crippen molar-refractivity contribution in [3.8, 4) is 5.75 Å². The van der Waals surface area contributed by atoms with E-state index in [0.29, 0.717) is 25.4 Å². The normalized spacial score (nSPS) is 15.5. The van der Waals surface area contributed by atoms with E-state index in [0.717, 1.165) is 12.0 Å². The van der Waals surface area contributed by atoms with Crippen molar-refractivity contribution in [3.63, 3.8) is 0 Å². The predicted molar refractivity (Wildman–Crippen MR) is 81.9 cm³/mol. The molecule has 4 nitrogen and oxygen atoms in total. The van der Waals surface area contributed by atoms with Gasteiger partial charge < -0.3 is 15.7 Å². The Kier molecular flexibility index (Phi) is 5.84. The van der Waals surface area contributed by atoms with Crippen LogP contribution in [0.15, 0.2) is 18.2 Å². The number of phenols is 1. The Morgan fingerprint density at radius 2 is 2.10 bits per heavy atom. The summed E-state index contributed by atoms with van der Waals surface area (Å²) >= 11 is 0. The van der Waals surface area contributed by atoms with Crippen molar-refractivity contribution in [2.45, 2.75) is 39.3 Å². The monoisotopic (exact) mass is 298 g/mol. The van der Waals surface area contributed by atoms with Gasteiger partial charge in [0.25, 0.3) is 0 Å². The number of aromatic hydroxyl groups is 1. The molecule has 0 radical (unpaired) electrons. The van der Waals surface area contributed by atoms with Gasteiger partial charge in [0.15, 0.2) is 0 Å². The van der Waals surface area contributed by atoms with Crippen LogP contribution in [0.3, 0.4) is 0 Å². The van der Waals surface area contributed by atoms with Crippen molar-refractivity contribution in [1.82, 2.24) is 4.90 Å². The maximum absolute atomic E-state index is 12.3. The number of halogens is 1. The van der Waals surface area contributed by atoms with Crippen molar-refractivity contribution in [3.05, 3.63) is 29.3 Å². The number of nitrogens with two attached hydrogens (primary N) is 1. The molecule has 0 fully saturated rings. The molecule has 1 aromatic carbocycles. The molecule has 0 spiro atoms. The van der Waals surface area contributed by atoms with E-state index in [1.54, 1.807) is 17.0 Å². The van der Waals surface area contributed by atoms with E-state index >= 15 is 0 Å². The Balaban J connectivity index is 0.00000200. The Morgan fingerprint density at radius 1 is 1.40 bits per heavy atom. The fourth-order valence-electron chi connectivity index (χ4n) is 2.57. The highest BCUT2D eigenvalue weighted by Gasteiger charge is 2.25. The van der Waals surface area contributed by atoms with E-state index in [1.807, 2.05) is 6.07 Å². The van der Waals surface area contributed by atoms with Crippen molar-refractivity contribution >= 4 is 18.3 Å². The number of benzene rings is 1. The molecule has 0 saturated carbocycles. The molecule has 1 atom stereocenters. The van der Waals surface area contributed by atoms with E-state index in [9.17, 15) is 9.90 Å². The summed E-state index contributed by atoms with van der Waals surface area (Å²) in [5.41, 5.74) is 8.19. The Labute approximate surface area is 126 Å². The second-order valence-electron chi connectivity index (χ2n) is 5.70. The molecule has 0 aliphatic carbocycles. The number of hydrogen-bond donors (Lipinski definition) is 2. The third-order valence-electron chi connectivity index (χ3n) is 3.56. The van der Waals surface area contributed by atoms with Crippen molar-refractivity contribution < 1.29 is 9.90 Å². The number of carbonyl (C=O) groups is 1. The fraction of sp³-hybridized carbons (Fsp3) is 0.533. The number of fused-ring (bicyclic) bond motifs is 1. The molecule has 0 bridgehead atoms. The second-order valence-corrected chi connectivity index (χ2v) is 5.70. The summed E-state index contributed by atoms with van der Waals surface area (Å²) in [4.78, 5) is 14.1. The molecule has 0 unspecified atom stereocenters. The van der Waals surface area contributed by atoms with Gasteiger partial charge in [-0.15, -0.1) is 12.4 Å². The molecular weight excluding hydrogens is 276 g/mol. The first-order valence-corrected chi connectivity index (χ1v) is 6.82. The van der Waals surface area contributed by atoms with Crippen LogP contribution in [-0.2, 0) is 17.8 Å². The van der Waals surface area contributed by atoms with Gasteiger partial charge in [-0.2, -0.15) is 0 Å². The van der Waals surface area contributed by atoms with Crippen LogP contribution in [-0.4, -0.2) is 28.5 Å². The van der Waals surface area contributed by atoms with Gasteiger partial charge in [-0.1, -0.05) is 19.9 Å². The smallest absolute Gasteiger partial charge is 0.239 e. The molecule has 112 valence electrons. The average Bonchev–Trinajstić information content (AvgIpc) is 2.36. The fourth-order valence-corrected chi connectivity index (χ4v) is 2.57. The lowest BCUT2D eigenvalue weighted by atomic mass is 9.97. The quantitative estimate of drug-likeness (QED) is 0.898. The number of amides is 1. The highest BCUT2D eigenvalue weighted by atomic mass is 35.5. The third-order valence-corrected chi connectivity index (χ3v) is 3.56. The summed E-state index contributed by atoms with van der Waals surface area (Å²) in [7, 11) is 0. The lowest BCUT2D eigenvalue weighted by Gasteiger charge is -2.31. The van der Waals surface area contributed by atoms with Crippen molar-refractivity contribution in [2.24, 2.45) is 11.7 Å². The minimum absolute atomic E-state index is 0. The Bertz CT molecular complexity index is 477. The van der Waals surface area contributed by atoms with E-state index < -0.39 is 6.04 Å². The van der Waals surface area contributed by atoms with Gasteiger partial charge in [0.1, 0.15) is 5.75 Å². The van der Waals surface area contributed by atoms with Gasteiger partial charge in [-0.25, -0.2) is 0 Å². The summed E-state index contributed by atoms with van der Waals surface area (Å²) in [5.74, 6) is 0.683. The minimum Gasteiger partial charge on any atom is -0.508 e. The molecule has 5 heteroatoms. The van der Waals surface area contributed by atoms with Gasteiger partial charge in [-0.05, 0) is 42.0 Å². The first kappa shape index (κ1) is 16.8. The molecule has 0 saturated heterocycles. The number of hydrogen-bond acceptors (Lipinski definition) is 3. The molecule has 1 aliphatic heterocycles. The molecule has 2 rings (SSSR count). The summed E-state index contributed by atoms with van der Waals surface area (Å²) < 4.78 is 0. The van der Waals surface area contributed by atoms with Gasteiger partial charge >= 0.3 is 0 Å². The number of rotatable bonds is 3. The van der Waals surface area contributed by atoms with E-state index in [2.05, 4.69) is 13.8 Å². The molecule has 0 aromatic heterocycles. The summed E-state index contributed by atoms with van der Waals surface area (Å²) in [6.45, 7) is 5.39. The van der Waals surface area contributed by atoms with Crippen LogP contribution in [0.2, 0.25) is 0 Å². The maximum Gasteiger partial charge on any atom is 0.239 e. The lowest BCUT2D eigenvalue weighted by molar-refractivity contribution is -0.133. The van der Waals surface area contributed by atoms with Gasteiger partial charge in [0.2, 0.25) is 5.91 Å². The van der Waals surface area contributed by atoms with Crippen LogP contribution in [0.4, 0.5) is 0 Å². The largest absolute Gasteiger partial charge is 0.508 e. The van der Waals surface area contributed by atoms with Gasteiger partial charge in [0, 0.05) is 13.1 Å². The number of carbonyl (C=O) groups excluding carboxylic acids is 1. The highest BCUT2D eigenvalue weighted by Crippen LogP contribution is 2.23. The zero-order chi connectivity index (χ0) is 14.0. The van der Waals surface area contributed by atoms with E-state index in [4.69, 9.17) is 5.73 Å². The minimum atomic E-state index is -0.418. The topological polar surface area (TPSA) is 66.6 Å². The second kappa shape index (κ2) is 6.95. The Hall–Kier alpha value is -1.26. The maximum atomic E-state index is 12.3. The van der Waals surface area contributed by atoms with E-state index in [1.165, 1.54) is 5.56 Å². The average molecular weight is 299 g/mol. The molecule has 3 N–H and O–H groups in total. The highest BCUT2D eigenvalue weighted by molar-refractivity contribution is 5.85. The van der Waals surface area contributed by atoms with Crippen LogP contribution >= 0.6 is 12.4 Å². The summed E-state index contributed by atoms with van der Waals surface area (Å²) in [6, 6.07) is 4.95. The van der Waals surface area contributed by atoms with Crippen LogP contribution in [0.1, 0.15) is 31.4 Å². The van der Waals surface area contributed by atoms with E-state index in [-0.39, 0.29) is 24.1 Å². The molecule has 1 aromatic rings. The first-order valence-electron chi connectivity index (χ1n) is 6.82. The zero-order valence-corrected chi connectivity index (χ0v) is 12.8. The predicted octanol–water partition coefficient (Wildman–Crippen LogP) is 2.07. The molecular formula is C15H23ClN2O2. The lowest BCUT2D eigenvalue weighted by Crippen LogP contribution is -2.46. The standard InChI is InChI=1S/C15H22N2O2.ClH/c1-10(2)7-14(16)15(19)17-6-5-11-3-4-13(18)8-12(11)9-17;/h3-4,8,10,14,18H,5-7,9,16H2,1-2H3;1H/t14-;/m0./s1. The summed E-state index contributed by atoms with van der Waals surface area (Å²) in [5, 5.41) is 9.51. The van der Waals surface area contributed by atoms with Crippen molar-refractivity contribution in [1.29, 1.82) is 0 Å². The number of nitrogens with zero attached hydrogens (tertiary/aromatic N) is 1. The van der Waals surface area contributed by atoms with Crippen LogP contribution in [0.25, 0.3) is 0 Å². The molecule has 20 heavy (non-hydrogen) atoms. The van der Waals surface area contributed by atoms with Gasteiger partial charge in [-0.3, -0.25) is 4.79 Å². The zero-order valence-electron chi connectivity index (χ0n) is 12.0. The van der Waals surface area contributed by atoms with Crippen molar-refractivity contribution in [2.75, 3.05) is 6.54 Å². The van der Waals surface area contributed by atoms with Gasteiger partial charge in [0.05, 0.1) is 6.04 Å². The molecule has 1 heterocycles. The molecule has 1 aliphatic rings. The number of phenolic OH excluding ortho intramolecular Hbond substituents is 1.